The van der Waals surface area contributed by atoms with Crippen molar-refractivity contribution in [2.45, 2.75) is 309 Å². The van der Waals surface area contributed by atoms with Crippen LogP contribution in [0, 0.1) is 0 Å². The van der Waals surface area contributed by atoms with Gasteiger partial charge in [0.1, 0.15) is 13.2 Å². The molecule has 6 nitrogen and oxygen atoms in total. The Labute approximate surface area is 416 Å². The highest BCUT2D eigenvalue weighted by atomic mass is 16.6. The zero-order valence-electron chi connectivity index (χ0n) is 44.7. The summed E-state index contributed by atoms with van der Waals surface area (Å²) in [7, 11) is 0. The number of esters is 3. The molecule has 0 N–H and O–H groups in total. The number of hydrogen-bond donors (Lipinski definition) is 0. The molecule has 0 saturated heterocycles. The minimum absolute atomic E-state index is 0.0806. The first-order valence-electron chi connectivity index (χ1n) is 29.1. The van der Waals surface area contributed by atoms with Crippen molar-refractivity contribution in [1.29, 1.82) is 0 Å². The molecule has 0 amide bonds. The lowest BCUT2D eigenvalue weighted by Crippen LogP contribution is -2.30. The zero-order valence-corrected chi connectivity index (χ0v) is 44.7. The maximum atomic E-state index is 12.8. The van der Waals surface area contributed by atoms with Crippen LogP contribution < -0.4 is 0 Å². The molecule has 0 bridgehead atoms. The number of allylic oxidation sites excluding steroid dienone is 8. The molecule has 0 spiro atoms. The summed E-state index contributed by atoms with van der Waals surface area (Å²) in [5, 5.41) is 0. The van der Waals surface area contributed by atoms with E-state index in [1.807, 2.05) is 0 Å². The second kappa shape index (κ2) is 56.0. The van der Waals surface area contributed by atoms with Gasteiger partial charge in [-0.2, -0.15) is 0 Å². The molecule has 1 unspecified atom stereocenters. The Kier molecular flexibility index (Phi) is 53.8. The third kappa shape index (κ3) is 54.2. The molecule has 0 aliphatic rings. The zero-order chi connectivity index (χ0) is 48.6. The minimum Gasteiger partial charge on any atom is -0.462 e. The van der Waals surface area contributed by atoms with Gasteiger partial charge in [0.15, 0.2) is 6.10 Å². The molecule has 0 rings (SSSR count). The van der Waals surface area contributed by atoms with Crippen molar-refractivity contribution in [2.24, 2.45) is 0 Å². The first kappa shape index (κ1) is 64.4. The summed E-state index contributed by atoms with van der Waals surface area (Å²) in [5.41, 5.74) is 0. The van der Waals surface area contributed by atoms with E-state index < -0.39 is 6.10 Å². The molecular weight excluding hydrogens is 829 g/mol. The van der Waals surface area contributed by atoms with Crippen LogP contribution in [0.1, 0.15) is 303 Å². The van der Waals surface area contributed by atoms with Crippen molar-refractivity contribution in [3.63, 3.8) is 0 Å². The molecular formula is C61H110O6. The summed E-state index contributed by atoms with van der Waals surface area (Å²) in [4.78, 5) is 38.1. The van der Waals surface area contributed by atoms with Crippen LogP contribution in [-0.4, -0.2) is 37.2 Å². The van der Waals surface area contributed by atoms with E-state index in [9.17, 15) is 14.4 Å². The summed E-state index contributed by atoms with van der Waals surface area (Å²) in [6.45, 7) is 6.57. The summed E-state index contributed by atoms with van der Waals surface area (Å²) < 4.78 is 16.8. The fourth-order valence-electron chi connectivity index (χ4n) is 8.36. The van der Waals surface area contributed by atoms with E-state index >= 15 is 0 Å². The molecule has 0 aliphatic heterocycles. The second-order valence-corrected chi connectivity index (χ2v) is 19.6. The highest BCUT2D eigenvalue weighted by Crippen LogP contribution is 2.17. The molecule has 0 aromatic heterocycles. The summed E-state index contributed by atoms with van der Waals surface area (Å²) >= 11 is 0. The van der Waals surface area contributed by atoms with Gasteiger partial charge >= 0.3 is 17.9 Å². The SMILES string of the molecule is CCCC/C=C\C/C=C\CCCCCCCC(=O)OCC(COC(=O)CCCCCCCCCCCCCCCCCCCCCCC)OC(=O)CCCCCCC/C=C\C/C=C\CCCC. The monoisotopic (exact) mass is 939 g/mol. The standard InChI is InChI=1S/C61H110O6/c1-4-7-10-13-16-19-22-25-28-29-30-31-32-33-34-37-39-42-45-48-51-54-60(63)66-57-58(67-61(64)55-52-49-46-43-40-36-27-24-21-18-15-12-9-6-3)56-65-59(62)53-50-47-44-41-38-35-26-23-20-17-14-11-8-5-2/h14-15,17-18,23-24,26-27,58H,4-13,16,19-22,25,28-57H2,1-3H3/b17-14-,18-15-,26-23-,27-24-. The van der Waals surface area contributed by atoms with Gasteiger partial charge in [0.25, 0.3) is 0 Å². The average molecular weight is 940 g/mol. The molecule has 67 heavy (non-hydrogen) atoms. The van der Waals surface area contributed by atoms with Gasteiger partial charge in [-0.25, -0.2) is 0 Å². The number of unbranched alkanes of at least 4 members (excludes halogenated alkanes) is 34. The van der Waals surface area contributed by atoms with E-state index in [-0.39, 0.29) is 31.1 Å². The van der Waals surface area contributed by atoms with Gasteiger partial charge in [-0.05, 0) is 70.6 Å². The lowest BCUT2D eigenvalue weighted by Gasteiger charge is -2.18. The van der Waals surface area contributed by atoms with Crippen LogP contribution in [0.5, 0.6) is 0 Å². The fourth-order valence-corrected chi connectivity index (χ4v) is 8.36. The van der Waals surface area contributed by atoms with E-state index in [4.69, 9.17) is 14.2 Å². The first-order chi connectivity index (χ1) is 33.0. The van der Waals surface area contributed by atoms with Crippen molar-refractivity contribution < 1.29 is 28.6 Å². The Bertz CT molecular complexity index is 1170. The van der Waals surface area contributed by atoms with Crippen molar-refractivity contribution in [1.82, 2.24) is 0 Å². The molecule has 1 atom stereocenters. The average Bonchev–Trinajstić information content (AvgIpc) is 3.33. The van der Waals surface area contributed by atoms with E-state index in [2.05, 4.69) is 69.4 Å². The molecule has 0 saturated carbocycles. The van der Waals surface area contributed by atoms with Crippen LogP contribution in [0.25, 0.3) is 0 Å². The fraction of sp³-hybridized carbons (Fsp3) is 0.820. The third-order valence-corrected chi connectivity index (χ3v) is 12.8. The molecule has 0 heterocycles. The van der Waals surface area contributed by atoms with E-state index in [0.717, 1.165) is 103 Å². The molecule has 0 aliphatic carbocycles. The first-order valence-corrected chi connectivity index (χ1v) is 29.1. The highest BCUT2D eigenvalue weighted by molar-refractivity contribution is 5.71. The van der Waals surface area contributed by atoms with Crippen LogP contribution in [0.15, 0.2) is 48.6 Å². The number of carbonyl (C=O) groups excluding carboxylic acids is 3. The van der Waals surface area contributed by atoms with Gasteiger partial charge in [0, 0.05) is 19.3 Å². The molecule has 390 valence electrons. The van der Waals surface area contributed by atoms with Crippen molar-refractivity contribution in [3.05, 3.63) is 48.6 Å². The lowest BCUT2D eigenvalue weighted by atomic mass is 10.0. The summed E-state index contributed by atoms with van der Waals surface area (Å²) in [6.07, 6.45) is 68.2. The van der Waals surface area contributed by atoms with E-state index in [0.29, 0.717) is 19.3 Å². The predicted octanol–water partition coefficient (Wildman–Crippen LogP) is 19.4. The van der Waals surface area contributed by atoms with Crippen molar-refractivity contribution in [2.75, 3.05) is 13.2 Å². The topological polar surface area (TPSA) is 78.9 Å². The van der Waals surface area contributed by atoms with Gasteiger partial charge in [-0.15, -0.1) is 0 Å². The highest BCUT2D eigenvalue weighted by Gasteiger charge is 2.19. The molecule has 0 aromatic rings. The quantitative estimate of drug-likeness (QED) is 0.0262. The van der Waals surface area contributed by atoms with E-state index in [1.165, 1.54) is 161 Å². The largest absolute Gasteiger partial charge is 0.462 e. The van der Waals surface area contributed by atoms with Gasteiger partial charge in [-0.1, -0.05) is 262 Å². The van der Waals surface area contributed by atoms with Crippen LogP contribution >= 0.6 is 0 Å². The van der Waals surface area contributed by atoms with Crippen LogP contribution in [0.3, 0.4) is 0 Å². The maximum Gasteiger partial charge on any atom is 0.306 e. The summed E-state index contributed by atoms with van der Waals surface area (Å²) in [6, 6.07) is 0. The Balaban J connectivity index is 4.31. The normalized spacial score (nSPS) is 12.3. The number of rotatable bonds is 53. The lowest BCUT2D eigenvalue weighted by molar-refractivity contribution is -0.167. The Hall–Kier alpha value is -2.63. The Morgan fingerprint density at radius 3 is 0.866 bits per heavy atom. The predicted molar refractivity (Wildman–Crippen MR) is 289 cm³/mol. The van der Waals surface area contributed by atoms with Crippen molar-refractivity contribution in [3.8, 4) is 0 Å². The Morgan fingerprint density at radius 2 is 0.552 bits per heavy atom. The van der Waals surface area contributed by atoms with Gasteiger partial charge in [0.05, 0.1) is 0 Å². The van der Waals surface area contributed by atoms with Gasteiger partial charge in [0.2, 0.25) is 0 Å². The van der Waals surface area contributed by atoms with Gasteiger partial charge < -0.3 is 14.2 Å². The number of ether oxygens (including phenoxy) is 3. The maximum absolute atomic E-state index is 12.8. The summed E-state index contributed by atoms with van der Waals surface area (Å²) in [5.74, 6) is -0.895. The van der Waals surface area contributed by atoms with Crippen LogP contribution in [0.4, 0.5) is 0 Å². The molecule has 0 radical (unpaired) electrons. The van der Waals surface area contributed by atoms with Crippen molar-refractivity contribution >= 4 is 17.9 Å². The Morgan fingerprint density at radius 1 is 0.299 bits per heavy atom. The minimum atomic E-state index is -0.784. The molecule has 0 fully saturated rings. The number of hydrogen-bond acceptors (Lipinski definition) is 6. The molecule has 0 aromatic carbocycles. The van der Waals surface area contributed by atoms with Crippen LogP contribution in [0.2, 0.25) is 0 Å². The third-order valence-electron chi connectivity index (χ3n) is 12.8. The van der Waals surface area contributed by atoms with Gasteiger partial charge in [-0.3, -0.25) is 14.4 Å². The smallest absolute Gasteiger partial charge is 0.306 e. The molecule has 6 heteroatoms. The number of carbonyl (C=O) groups is 3. The van der Waals surface area contributed by atoms with Crippen LogP contribution in [-0.2, 0) is 28.6 Å². The second-order valence-electron chi connectivity index (χ2n) is 19.6. The van der Waals surface area contributed by atoms with E-state index in [1.54, 1.807) is 0 Å².